The molecule has 0 aliphatic heterocycles. The SMILES string of the molecule is Cc1ccc(OCCn2nnc(-c3ccc(Br)cc3)n2)cc1. The monoisotopic (exact) mass is 358 g/mol. The Morgan fingerprint density at radius 3 is 2.50 bits per heavy atom. The quantitative estimate of drug-likeness (QED) is 0.700. The van der Waals surface area contributed by atoms with Gasteiger partial charge < -0.3 is 4.74 Å². The van der Waals surface area contributed by atoms with E-state index in [0.29, 0.717) is 19.0 Å². The van der Waals surface area contributed by atoms with Crippen LogP contribution in [0, 0.1) is 6.92 Å². The molecule has 2 aromatic carbocycles. The number of aryl methyl sites for hydroxylation is 1. The van der Waals surface area contributed by atoms with Crippen molar-refractivity contribution in [3.8, 4) is 17.1 Å². The van der Waals surface area contributed by atoms with Gasteiger partial charge in [-0.15, -0.1) is 10.2 Å². The smallest absolute Gasteiger partial charge is 0.204 e. The first kappa shape index (κ1) is 14.7. The fourth-order valence-electron chi connectivity index (χ4n) is 1.93. The fraction of sp³-hybridized carbons (Fsp3) is 0.188. The summed E-state index contributed by atoms with van der Waals surface area (Å²) in [5.41, 5.74) is 2.15. The number of hydrogen-bond acceptors (Lipinski definition) is 4. The number of nitrogens with zero attached hydrogens (tertiary/aromatic N) is 4. The Labute approximate surface area is 137 Å². The van der Waals surface area contributed by atoms with Gasteiger partial charge in [-0.05, 0) is 48.5 Å². The molecule has 6 heteroatoms. The molecule has 3 rings (SSSR count). The molecule has 0 radical (unpaired) electrons. The van der Waals surface area contributed by atoms with Gasteiger partial charge in [0.15, 0.2) is 0 Å². The first-order chi connectivity index (χ1) is 10.7. The normalized spacial score (nSPS) is 10.6. The molecule has 112 valence electrons. The maximum Gasteiger partial charge on any atom is 0.204 e. The zero-order valence-corrected chi connectivity index (χ0v) is 13.7. The lowest BCUT2D eigenvalue weighted by Crippen LogP contribution is -2.11. The molecule has 0 bridgehead atoms. The Morgan fingerprint density at radius 1 is 1.05 bits per heavy atom. The molecule has 0 aliphatic rings. The lowest BCUT2D eigenvalue weighted by Gasteiger charge is -2.05. The third-order valence-corrected chi connectivity index (χ3v) is 3.66. The summed E-state index contributed by atoms with van der Waals surface area (Å²) in [7, 11) is 0. The molecule has 0 unspecified atom stereocenters. The van der Waals surface area contributed by atoms with Gasteiger partial charge in [0.2, 0.25) is 5.82 Å². The van der Waals surface area contributed by atoms with Crippen molar-refractivity contribution in [2.75, 3.05) is 6.61 Å². The van der Waals surface area contributed by atoms with Crippen molar-refractivity contribution in [2.45, 2.75) is 13.5 Å². The molecule has 3 aromatic rings. The summed E-state index contributed by atoms with van der Waals surface area (Å²) in [4.78, 5) is 1.55. The minimum Gasteiger partial charge on any atom is -0.492 e. The number of halogens is 1. The summed E-state index contributed by atoms with van der Waals surface area (Å²) in [6.07, 6.45) is 0. The average Bonchev–Trinajstić information content (AvgIpc) is 2.99. The van der Waals surface area contributed by atoms with Crippen molar-refractivity contribution < 1.29 is 4.74 Å². The number of benzene rings is 2. The molecular weight excluding hydrogens is 344 g/mol. The Hall–Kier alpha value is -2.21. The third-order valence-electron chi connectivity index (χ3n) is 3.14. The molecule has 5 nitrogen and oxygen atoms in total. The number of ether oxygens (including phenoxy) is 1. The minimum atomic E-state index is 0.499. The highest BCUT2D eigenvalue weighted by molar-refractivity contribution is 9.10. The summed E-state index contributed by atoms with van der Waals surface area (Å²) in [6.45, 7) is 3.10. The van der Waals surface area contributed by atoms with E-state index in [1.807, 2.05) is 55.5 Å². The Bertz CT molecular complexity index is 738. The van der Waals surface area contributed by atoms with Crippen molar-refractivity contribution in [1.82, 2.24) is 20.2 Å². The van der Waals surface area contributed by atoms with Crippen molar-refractivity contribution in [3.63, 3.8) is 0 Å². The molecule has 0 fully saturated rings. The zero-order chi connectivity index (χ0) is 15.4. The number of rotatable bonds is 5. The summed E-state index contributed by atoms with van der Waals surface area (Å²) < 4.78 is 6.68. The van der Waals surface area contributed by atoms with Crippen molar-refractivity contribution in [1.29, 1.82) is 0 Å². The predicted octanol–water partition coefficient (Wildman–Crippen LogP) is 3.49. The molecule has 22 heavy (non-hydrogen) atoms. The summed E-state index contributed by atoms with van der Waals surface area (Å²) in [6, 6.07) is 15.8. The van der Waals surface area contributed by atoms with Gasteiger partial charge in [0.25, 0.3) is 0 Å². The third kappa shape index (κ3) is 3.71. The van der Waals surface area contributed by atoms with Gasteiger partial charge >= 0.3 is 0 Å². The van der Waals surface area contributed by atoms with E-state index in [0.717, 1.165) is 15.8 Å². The van der Waals surface area contributed by atoms with Crippen LogP contribution in [-0.2, 0) is 6.54 Å². The van der Waals surface area contributed by atoms with E-state index in [4.69, 9.17) is 4.74 Å². The molecule has 0 N–H and O–H groups in total. The fourth-order valence-corrected chi connectivity index (χ4v) is 2.20. The van der Waals surface area contributed by atoms with Gasteiger partial charge in [-0.3, -0.25) is 0 Å². The molecule has 0 saturated heterocycles. The highest BCUT2D eigenvalue weighted by Crippen LogP contribution is 2.17. The molecule has 0 atom stereocenters. The first-order valence-electron chi connectivity index (χ1n) is 6.94. The van der Waals surface area contributed by atoms with Crippen molar-refractivity contribution in [3.05, 3.63) is 58.6 Å². The van der Waals surface area contributed by atoms with Gasteiger partial charge in [0.05, 0.1) is 6.54 Å². The maximum absolute atomic E-state index is 5.66. The van der Waals surface area contributed by atoms with Gasteiger partial charge in [-0.2, -0.15) is 4.80 Å². The summed E-state index contributed by atoms with van der Waals surface area (Å²) in [5, 5.41) is 12.5. The second kappa shape index (κ2) is 6.70. The highest BCUT2D eigenvalue weighted by atomic mass is 79.9. The van der Waals surface area contributed by atoms with Crippen LogP contribution < -0.4 is 4.74 Å². The standard InChI is InChI=1S/C16H15BrN4O/c1-12-2-8-15(9-3-12)22-11-10-21-19-16(18-20-21)13-4-6-14(17)7-5-13/h2-9H,10-11H2,1H3. The predicted molar refractivity (Wildman–Crippen MR) is 87.6 cm³/mol. The Balaban J connectivity index is 1.57. The van der Waals surface area contributed by atoms with Crippen LogP contribution in [0.4, 0.5) is 0 Å². The van der Waals surface area contributed by atoms with Crippen LogP contribution in [-0.4, -0.2) is 26.8 Å². The van der Waals surface area contributed by atoms with Gasteiger partial charge in [-0.1, -0.05) is 33.6 Å². The van der Waals surface area contributed by atoms with Gasteiger partial charge in [-0.25, -0.2) is 0 Å². The molecule has 0 aliphatic carbocycles. The molecule has 0 spiro atoms. The van der Waals surface area contributed by atoms with E-state index < -0.39 is 0 Å². The average molecular weight is 359 g/mol. The van der Waals surface area contributed by atoms with E-state index in [1.54, 1.807) is 4.80 Å². The van der Waals surface area contributed by atoms with E-state index >= 15 is 0 Å². The number of hydrogen-bond donors (Lipinski definition) is 0. The van der Waals surface area contributed by atoms with Crippen LogP contribution >= 0.6 is 15.9 Å². The van der Waals surface area contributed by atoms with Crippen molar-refractivity contribution >= 4 is 15.9 Å². The second-order valence-corrected chi connectivity index (χ2v) is 5.79. The lowest BCUT2D eigenvalue weighted by atomic mass is 10.2. The molecule has 0 amide bonds. The largest absolute Gasteiger partial charge is 0.492 e. The summed E-state index contributed by atoms with van der Waals surface area (Å²) >= 11 is 3.41. The Kier molecular flexibility index (Phi) is 4.48. The Morgan fingerprint density at radius 2 is 1.77 bits per heavy atom. The highest BCUT2D eigenvalue weighted by Gasteiger charge is 2.05. The van der Waals surface area contributed by atoms with Crippen LogP contribution in [0.25, 0.3) is 11.4 Å². The van der Waals surface area contributed by atoms with Crippen LogP contribution in [0.15, 0.2) is 53.0 Å². The topological polar surface area (TPSA) is 52.8 Å². The lowest BCUT2D eigenvalue weighted by molar-refractivity contribution is 0.280. The van der Waals surface area contributed by atoms with E-state index in [9.17, 15) is 0 Å². The zero-order valence-electron chi connectivity index (χ0n) is 12.1. The second-order valence-electron chi connectivity index (χ2n) is 4.88. The van der Waals surface area contributed by atoms with E-state index in [-0.39, 0.29) is 0 Å². The van der Waals surface area contributed by atoms with E-state index in [2.05, 4.69) is 31.3 Å². The van der Waals surface area contributed by atoms with Crippen molar-refractivity contribution in [2.24, 2.45) is 0 Å². The molecule has 1 aromatic heterocycles. The van der Waals surface area contributed by atoms with E-state index in [1.165, 1.54) is 5.56 Å². The van der Waals surface area contributed by atoms with Gasteiger partial charge in [0, 0.05) is 10.0 Å². The van der Waals surface area contributed by atoms with Crippen LogP contribution in [0.1, 0.15) is 5.56 Å². The molecule has 1 heterocycles. The summed E-state index contributed by atoms with van der Waals surface area (Å²) in [5.74, 6) is 1.46. The van der Waals surface area contributed by atoms with Crippen LogP contribution in [0.2, 0.25) is 0 Å². The van der Waals surface area contributed by atoms with Crippen LogP contribution in [0.5, 0.6) is 5.75 Å². The number of tetrazole rings is 1. The van der Waals surface area contributed by atoms with Crippen LogP contribution in [0.3, 0.4) is 0 Å². The first-order valence-corrected chi connectivity index (χ1v) is 7.73. The maximum atomic E-state index is 5.66. The number of aromatic nitrogens is 4. The minimum absolute atomic E-state index is 0.499. The molecular formula is C16H15BrN4O. The molecule has 0 saturated carbocycles. The van der Waals surface area contributed by atoms with Gasteiger partial charge in [0.1, 0.15) is 12.4 Å².